The molecule has 1 aliphatic heterocycles. The van der Waals surface area contributed by atoms with Gasteiger partial charge in [0.25, 0.3) is 0 Å². The van der Waals surface area contributed by atoms with E-state index >= 15 is 0 Å². The summed E-state index contributed by atoms with van der Waals surface area (Å²) in [6.07, 6.45) is 2.74. The highest BCUT2D eigenvalue weighted by atomic mass is 16.5. The van der Waals surface area contributed by atoms with Crippen molar-refractivity contribution in [1.82, 2.24) is 10.2 Å². The van der Waals surface area contributed by atoms with Gasteiger partial charge in [0.2, 0.25) is 0 Å². The normalized spacial score (nSPS) is 28.2. The van der Waals surface area contributed by atoms with Gasteiger partial charge < -0.3 is 20.1 Å². The standard InChI is InChI=1S/C15H27N3O3/c1-4-16-14(17-10-15(20)6-5-7-15)18-8-11(2)12(9-18)13(19)21-3/h11-12,20H,4-10H2,1-3H3,(H,16,17). The number of nitrogens with zero attached hydrogens (tertiary/aromatic N) is 2. The predicted molar refractivity (Wildman–Crippen MR) is 81.0 cm³/mol. The van der Waals surface area contributed by atoms with E-state index in [1.807, 2.05) is 6.92 Å². The number of carbonyl (C=O) groups is 1. The van der Waals surface area contributed by atoms with Gasteiger partial charge in [-0.3, -0.25) is 9.79 Å². The molecule has 2 N–H and O–H groups in total. The second-order valence-corrected chi connectivity index (χ2v) is 6.26. The Morgan fingerprint density at radius 2 is 2.19 bits per heavy atom. The Labute approximate surface area is 126 Å². The maximum absolute atomic E-state index is 11.8. The topological polar surface area (TPSA) is 74.2 Å². The summed E-state index contributed by atoms with van der Waals surface area (Å²) >= 11 is 0. The molecule has 2 rings (SSSR count). The van der Waals surface area contributed by atoms with Gasteiger partial charge >= 0.3 is 5.97 Å². The van der Waals surface area contributed by atoms with E-state index in [1.54, 1.807) is 0 Å². The lowest BCUT2D eigenvalue weighted by Gasteiger charge is -2.35. The number of esters is 1. The van der Waals surface area contributed by atoms with E-state index in [0.717, 1.165) is 38.3 Å². The van der Waals surface area contributed by atoms with Crippen LogP contribution in [0.25, 0.3) is 0 Å². The van der Waals surface area contributed by atoms with E-state index < -0.39 is 5.60 Å². The Bertz CT molecular complexity index is 407. The second-order valence-electron chi connectivity index (χ2n) is 6.26. The van der Waals surface area contributed by atoms with Gasteiger partial charge in [0.1, 0.15) is 0 Å². The van der Waals surface area contributed by atoms with Crippen molar-refractivity contribution in [2.24, 2.45) is 16.8 Å². The van der Waals surface area contributed by atoms with Gasteiger partial charge in [0, 0.05) is 19.6 Å². The molecule has 1 saturated carbocycles. The number of likely N-dealkylation sites (tertiary alicyclic amines) is 1. The van der Waals surface area contributed by atoms with E-state index in [2.05, 4.69) is 22.1 Å². The molecule has 6 nitrogen and oxygen atoms in total. The van der Waals surface area contributed by atoms with Crippen molar-refractivity contribution in [1.29, 1.82) is 0 Å². The average Bonchev–Trinajstić information content (AvgIpc) is 2.82. The number of hydrogen-bond donors (Lipinski definition) is 2. The third kappa shape index (κ3) is 3.67. The number of carbonyl (C=O) groups excluding carboxylic acids is 1. The fourth-order valence-electron chi connectivity index (χ4n) is 2.99. The highest BCUT2D eigenvalue weighted by Gasteiger charge is 2.38. The number of rotatable bonds is 4. The Morgan fingerprint density at radius 1 is 1.48 bits per heavy atom. The molecule has 2 fully saturated rings. The minimum atomic E-state index is -0.617. The Morgan fingerprint density at radius 3 is 2.71 bits per heavy atom. The van der Waals surface area contributed by atoms with E-state index in [0.29, 0.717) is 13.1 Å². The molecule has 6 heteroatoms. The maximum atomic E-state index is 11.8. The van der Waals surface area contributed by atoms with Crippen molar-refractivity contribution < 1.29 is 14.6 Å². The highest BCUT2D eigenvalue weighted by molar-refractivity contribution is 5.82. The first kappa shape index (κ1) is 16.1. The Hall–Kier alpha value is -1.30. The molecule has 2 aliphatic rings. The van der Waals surface area contributed by atoms with Crippen LogP contribution < -0.4 is 5.32 Å². The monoisotopic (exact) mass is 297 g/mol. The molecule has 0 aromatic heterocycles. The van der Waals surface area contributed by atoms with Crippen molar-refractivity contribution in [2.45, 2.75) is 38.7 Å². The zero-order valence-electron chi connectivity index (χ0n) is 13.3. The lowest BCUT2D eigenvalue weighted by atomic mass is 9.80. The molecule has 0 aromatic carbocycles. The summed E-state index contributed by atoms with van der Waals surface area (Å²) in [6.45, 7) is 6.69. The number of guanidine groups is 1. The van der Waals surface area contributed by atoms with Crippen LogP contribution >= 0.6 is 0 Å². The SMILES string of the molecule is CCNC(=NCC1(O)CCC1)N1CC(C)C(C(=O)OC)C1. The summed E-state index contributed by atoms with van der Waals surface area (Å²) in [5.74, 6) is 0.772. The van der Waals surface area contributed by atoms with Crippen molar-refractivity contribution in [3.63, 3.8) is 0 Å². The minimum absolute atomic E-state index is 0.106. The Balaban J connectivity index is 2.01. The molecule has 0 aromatic rings. The largest absolute Gasteiger partial charge is 0.469 e. The van der Waals surface area contributed by atoms with Gasteiger partial charge in [0.05, 0.1) is 25.2 Å². The molecule has 0 bridgehead atoms. The molecular weight excluding hydrogens is 270 g/mol. The fourth-order valence-corrected chi connectivity index (χ4v) is 2.99. The van der Waals surface area contributed by atoms with Gasteiger partial charge in [-0.1, -0.05) is 6.92 Å². The van der Waals surface area contributed by atoms with Crippen LogP contribution in [0.2, 0.25) is 0 Å². The van der Waals surface area contributed by atoms with Crippen molar-refractivity contribution in [3.05, 3.63) is 0 Å². The zero-order valence-corrected chi connectivity index (χ0v) is 13.3. The van der Waals surface area contributed by atoms with Crippen molar-refractivity contribution >= 4 is 11.9 Å². The first-order valence-corrected chi connectivity index (χ1v) is 7.82. The van der Waals surface area contributed by atoms with Gasteiger partial charge in [-0.25, -0.2) is 0 Å². The number of nitrogens with one attached hydrogen (secondary N) is 1. The summed E-state index contributed by atoms with van der Waals surface area (Å²) < 4.78 is 4.87. The minimum Gasteiger partial charge on any atom is -0.469 e. The first-order valence-electron chi connectivity index (χ1n) is 7.82. The quantitative estimate of drug-likeness (QED) is 0.452. The van der Waals surface area contributed by atoms with Crippen LogP contribution in [0, 0.1) is 11.8 Å². The van der Waals surface area contributed by atoms with Crippen LogP contribution in [0.4, 0.5) is 0 Å². The van der Waals surface area contributed by atoms with Crippen LogP contribution in [0.3, 0.4) is 0 Å². The van der Waals surface area contributed by atoms with Crippen LogP contribution in [0.5, 0.6) is 0 Å². The number of ether oxygens (including phenoxy) is 1. The van der Waals surface area contributed by atoms with Gasteiger partial charge in [-0.15, -0.1) is 0 Å². The van der Waals surface area contributed by atoms with Gasteiger partial charge in [-0.2, -0.15) is 0 Å². The highest BCUT2D eigenvalue weighted by Crippen LogP contribution is 2.32. The average molecular weight is 297 g/mol. The van der Waals surface area contributed by atoms with E-state index in [9.17, 15) is 9.90 Å². The molecule has 2 atom stereocenters. The van der Waals surface area contributed by atoms with E-state index in [1.165, 1.54) is 7.11 Å². The summed E-state index contributed by atoms with van der Waals surface area (Å²) in [5.41, 5.74) is -0.617. The molecule has 0 amide bonds. The molecule has 120 valence electrons. The zero-order chi connectivity index (χ0) is 15.5. The molecule has 21 heavy (non-hydrogen) atoms. The van der Waals surface area contributed by atoms with Gasteiger partial charge in [-0.05, 0) is 32.1 Å². The lowest BCUT2D eigenvalue weighted by molar-refractivity contribution is -0.145. The van der Waals surface area contributed by atoms with E-state index in [4.69, 9.17) is 4.74 Å². The van der Waals surface area contributed by atoms with Crippen LogP contribution in [-0.2, 0) is 9.53 Å². The van der Waals surface area contributed by atoms with Gasteiger partial charge in [0.15, 0.2) is 5.96 Å². The van der Waals surface area contributed by atoms with Crippen LogP contribution in [-0.4, -0.2) is 60.8 Å². The van der Waals surface area contributed by atoms with Crippen molar-refractivity contribution in [3.8, 4) is 0 Å². The summed E-state index contributed by atoms with van der Waals surface area (Å²) in [7, 11) is 1.43. The predicted octanol–water partition coefficient (Wildman–Crippen LogP) is 0.608. The molecule has 2 unspecified atom stereocenters. The fraction of sp³-hybridized carbons (Fsp3) is 0.867. The Kier molecular flexibility index (Phi) is 5.08. The molecule has 1 aliphatic carbocycles. The molecule has 0 radical (unpaired) electrons. The smallest absolute Gasteiger partial charge is 0.310 e. The summed E-state index contributed by atoms with van der Waals surface area (Å²) in [4.78, 5) is 18.4. The maximum Gasteiger partial charge on any atom is 0.310 e. The summed E-state index contributed by atoms with van der Waals surface area (Å²) in [5, 5.41) is 13.4. The van der Waals surface area contributed by atoms with Crippen LogP contribution in [0.1, 0.15) is 33.1 Å². The van der Waals surface area contributed by atoms with Crippen LogP contribution in [0.15, 0.2) is 4.99 Å². The van der Waals surface area contributed by atoms with Crippen molar-refractivity contribution in [2.75, 3.05) is 33.3 Å². The molecule has 0 spiro atoms. The first-order chi connectivity index (χ1) is 9.99. The molecule has 1 heterocycles. The number of aliphatic imine (C=N–C) groups is 1. The number of methoxy groups -OCH3 is 1. The number of aliphatic hydroxyl groups is 1. The third-order valence-corrected chi connectivity index (χ3v) is 4.56. The third-order valence-electron chi connectivity index (χ3n) is 4.56. The number of hydrogen-bond acceptors (Lipinski definition) is 4. The second kappa shape index (κ2) is 6.64. The lowest BCUT2D eigenvalue weighted by Crippen LogP contribution is -2.44. The summed E-state index contributed by atoms with van der Waals surface area (Å²) in [6, 6.07) is 0. The molecule has 1 saturated heterocycles. The molecular formula is C15H27N3O3. The van der Waals surface area contributed by atoms with E-state index in [-0.39, 0.29) is 17.8 Å².